The summed E-state index contributed by atoms with van der Waals surface area (Å²) in [7, 11) is 0. The average Bonchev–Trinajstić information content (AvgIpc) is 2.50. The Balaban J connectivity index is 2.31. The van der Waals surface area contributed by atoms with E-state index < -0.39 is 11.4 Å². The standard InChI is InChI=1S/C18H26O2/c1-3-14-10-12-16(13-11-14)18(4-2,17(19)20)15-8-6-5-7-9-15/h5-9,14,16H,3-4,10-13H2,1-2H3,(H,19,20). The van der Waals surface area contributed by atoms with E-state index in [2.05, 4.69) is 6.92 Å². The number of aliphatic carboxylic acids is 1. The quantitative estimate of drug-likeness (QED) is 0.849. The molecule has 0 saturated heterocycles. The zero-order chi connectivity index (χ0) is 14.6. The van der Waals surface area contributed by atoms with Gasteiger partial charge in [-0.1, -0.05) is 63.4 Å². The molecule has 0 aliphatic heterocycles. The highest BCUT2D eigenvalue weighted by Crippen LogP contribution is 2.45. The minimum Gasteiger partial charge on any atom is -0.481 e. The van der Waals surface area contributed by atoms with Gasteiger partial charge in [-0.3, -0.25) is 4.79 Å². The molecule has 0 radical (unpaired) electrons. The fraction of sp³-hybridized carbons (Fsp3) is 0.611. The number of hydrogen-bond acceptors (Lipinski definition) is 1. The van der Waals surface area contributed by atoms with Crippen molar-refractivity contribution in [3.63, 3.8) is 0 Å². The molecule has 2 rings (SSSR count). The molecular weight excluding hydrogens is 248 g/mol. The van der Waals surface area contributed by atoms with Crippen LogP contribution in [0.3, 0.4) is 0 Å². The summed E-state index contributed by atoms with van der Waals surface area (Å²) in [6.07, 6.45) is 6.37. The van der Waals surface area contributed by atoms with Gasteiger partial charge < -0.3 is 5.11 Å². The molecule has 0 heterocycles. The van der Waals surface area contributed by atoms with Crippen molar-refractivity contribution >= 4 is 5.97 Å². The molecule has 0 amide bonds. The molecule has 1 N–H and O–H groups in total. The Morgan fingerprint density at radius 3 is 2.20 bits per heavy atom. The van der Waals surface area contributed by atoms with E-state index in [9.17, 15) is 9.90 Å². The Bertz CT molecular complexity index is 432. The predicted octanol–water partition coefficient (Wildman–Crippen LogP) is 4.64. The molecule has 1 unspecified atom stereocenters. The number of hydrogen-bond donors (Lipinski definition) is 1. The molecule has 1 aliphatic carbocycles. The number of carboxylic acids is 1. The van der Waals surface area contributed by atoms with Gasteiger partial charge in [0.1, 0.15) is 0 Å². The summed E-state index contributed by atoms with van der Waals surface area (Å²) in [4.78, 5) is 12.1. The third kappa shape index (κ3) is 2.61. The third-order valence-corrected chi connectivity index (χ3v) is 5.35. The molecule has 2 heteroatoms. The second kappa shape index (κ2) is 6.43. The average molecular weight is 274 g/mol. The molecular formula is C18H26O2. The van der Waals surface area contributed by atoms with Crippen LogP contribution in [0.5, 0.6) is 0 Å². The van der Waals surface area contributed by atoms with Crippen LogP contribution in [0, 0.1) is 11.8 Å². The van der Waals surface area contributed by atoms with E-state index in [0.29, 0.717) is 6.42 Å². The number of benzene rings is 1. The molecule has 1 aromatic carbocycles. The van der Waals surface area contributed by atoms with Crippen LogP contribution >= 0.6 is 0 Å². The van der Waals surface area contributed by atoms with Gasteiger partial charge >= 0.3 is 5.97 Å². The Kier molecular flexibility index (Phi) is 4.85. The second-order valence-corrected chi connectivity index (χ2v) is 6.12. The first-order valence-electron chi connectivity index (χ1n) is 7.94. The summed E-state index contributed by atoms with van der Waals surface area (Å²) in [5, 5.41) is 9.95. The SMILES string of the molecule is CCC1CCC(C(CC)(C(=O)O)c2ccccc2)CC1. The first kappa shape index (κ1) is 15.1. The van der Waals surface area contributed by atoms with Gasteiger partial charge in [0.2, 0.25) is 0 Å². The Morgan fingerprint density at radius 1 is 1.15 bits per heavy atom. The summed E-state index contributed by atoms with van der Waals surface area (Å²) in [6, 6.07) is 9.85. The summed E-state index contributed by atoms with van der Waals surface area (Å²) in [6.45, 7) is 4.26. The van der Waals surface area contributed by atoms with Crippen molar-refractivity contribution in [2.24, 2.45) is 11.8 Å². The smallest absolute Gasteiger partial charge is 0.314 e. The number of carboxylic acid groups (broad SMARTS) is 1. The Morgan fingerprint density at radius 2 is 1.75 bits per heavy atom. The molecule has 110 valence electrons. The van der Waals surface area contributed by atoms with Crippen molar-refractivity contribution in [1.82, 2.24) is 0 Å². The van der Waals surface area contributed by atoms with E-state index >= 15 is 0 Å². The monoisotopic (exact) mass is 274 g/mol. The topological polar surface area (TPSA) is 37.3 Å². The van der Waals surface area contributed by atoms with Gasteiger partial charge in [0, 0.05) is 0 Å². The molecule has 1 aliphatic rings. The molecule has 0 spiro atoms. The van der Waals surface area contributed by atoms with Gasteiger partial charge in [-0.15, -0.1) is 0 Å². The van der Waals surface area contributed by atoms with Gasteiger partial charge in [-0.2, -0.15) is 0 Å². The van der Waals surface area contributed by atoms with Crippen LogP contribution in [0.25, 0.3) is 0 Å². The third-order valence-electron chi connectivity index (χ3n) is 5.35. The van der Waals surface area contributed by atoms with Crippen LogP contribution < -0.4 is 0 Å². The number of carbonyl (C=O) groups is 1. The molecule has 20 heavy (non-hydrogen) atoms. The molecule has 1 saturated carbocycles. The second-order valence-electron chi connectivity index (χ2n) is 6.12. The van der Waals surface area contributed by atoms with Crippen molar-refractivity contribution in [3.8, 4) is 0 Å². The highest BCUT2D eigenvalue weighted by molar-refractivity contribution is 5.81. The zero-order valence-electron chi connectivity index (χ0n) is 12.6. The maximum absolute atomic E-state index is 12.1. The van der Waals surface area contributed by atoms with Crippen molar-refractivity contribution in [1.29, 1.82) is 0 Å². The van der Waals surface area contributed by atoms with Gasteiger partial charge in [0.05, 0.1) is 5.41 Å². The lowest BCUT2D eigenvalue weighted by Gasteiger charge is -2.41. The van der Waals surface area contributed by atoms with Gasteiger partial charge in [-0.25, -0.2) is 0 Å². The molecule has 1 atom stereocenters. The minimum atomic E-state index is -0.694. The lowest BCUT2D eigenvalue weighted by molar-refractivity contribution is -0.147. The van der Waals surface area contributed by atoms with Crippen LogP contribution in [0.15, 0.2) is 30.3 Å². The summed E-state index contributed by atoms with van der Waals surface area (Å²) in [5.74, 6) is 0.423. The molecule has 0 bridgehead atoms. The fourth-order valence-corrected chi connectivity index (χ4v) is 3.98. The Labute approximate surface area is 122 Å². The van der Waals surface area contributed by atoms with E-state index in [0.717, 1.165) is 24.3 Å². The highest BCUT2D eigenvalue weighted by atomic mass is 16.4. The van der Waals surface area contributed by atoms with Crippen molar-refractivity contribution in [2.75, 3.05) is 0 Å². The van der Waals surface area contributed by atoms with Crippen LogP contribution in [-0.4, -0.2) is 11.1 Å². The van der Waals surface area contributed by atoms with Crippen molar-refractivity contribution in [3.05, 3.63) is 35.9 Å². The molecule has 0 aromatic heterocycles. The first-order valence-corrected chi connectivity index (χ1v) is 7.94. The van der Waals surface area contributed by atoms with Crippen LogP contribution in [0.4, 0.5) is 0 Å². The molecule has 2 nitrogen and oxygen atoms in total. The van der Waals surface area contributed by atoms with Crippen LogP contribution in [0.2, 0.25) is 0 Å². The summed E-state index contributed by atoms with van der Waals surface area (Å²) in [5.41, 5.74) is 0.287. The maximum atomic E-state index is 12.1. The fourth-order valence-electron chi connectivity index (χ4n) is 3.98. The summed E-state index contributed by atoms with van der Waals surface area (Å²) >= 11 is 0. The molecule has 1 fully saturated rings. The van der Waals surface area contributed by atoms with E-state index in [1.807, 2.05) is 37.3 Å². The molecule has 1 aromatic rings. The predicted molar refractivity (Wildman–Crippen MR) is 81.8 cm³/mol. The van der Waals surface area contributed by atoms with Crippen molar-refractivity contribution in [2.45, 2.75) is 57.8 Å². The van der Waals surface area contributed by atoms with Crippen molar-refractivity contribution < 1.29 is 9.90 Å². The first-order chi connectivity index (χ1) is 9.65. The lowest BCUT2D eigenvalue weighted by Crippen LogP contribution is -2.44. The van der Waals surface area contributed by atoms with Crippen LogP contribution in [0.1, 0.15) is 57.9 Å². The van der Waals surface area contributed by atoms with E-state index in [4.69, 9.17) is 0 Å². The summed E-state index contributed by atoms with van der Waals surface area (Å²) < 4.78 is 0. The van der Waals surface area contributed by atoms with E-state index in [1.165, 1.54) is 19.3 Å². The lowest BCUT2D eigenvalue weighted by atomic mass is 9.62. The Hall–Kier alpha value is -1.31. The minimum absolute atomic E-state index is 0.273. The van der Waals surface area contributed by atoms with Gasteiger partial charge in [-0.05, 0) is 36.7 Å². The van der Waals surface area contributed by atoms with E-state index in [1.54, 1.807) is 0 Å². The normalized spacial score (nSPS) is 25.9. The maximum Gasteiger partial charge on any atom is 0.314 e. The largest absolute Gasteiger partial charge is 0.481 e. The van der Waals surface area contributed by atoms with Gasteiger partial charge in [0.15, 0.2) is 0 Å². The van der Waals surface area contributed by atoms with Gasteiger partial charge in [0.25, 0.3) is 0 Å². The highest BCUT2D eigenvalue weighted by Gasteiger charge is 2.46. The zero-order valence-corrected chi connectivity index (χ0v) is 12.6. The van der Waals surface area contributed by atoms with Crippen LogP contribution in [-0.2, 0) is 10.2 Å². The van der Waals surface area contributed by atoms with E-state index in [-0.39, 0.29) is 5.92 Å². The number of rotatable bonds is 5.